The highest BCUT2D eigenvalue weighted by molar-refractivity contribution is 5.07. The molecule has 3 rings (SSSR count). The van der Waals surface area contributed by atoms with Crippen LogP contribution >= 0.6 is 0 Å². The van der Waals surface area contributed by atoms with Gasteiger partial charge in [0.2, 0.25) is 11.7 Å². The molecule has 2 aliphatic rings. The minimum atomic E-state index is -0.302. The van der Waals surface area contributed by atoms with Crippen LogP contribution in [-0.4, -0.2) is 29.8 Å². The molecule has 0 bridgehead atoms. The van der Waals surface area contributed by atoms with E-state index in [4.69, 9.17) is 14.2 Å². The first-order valence-electron chi connectivity index (χ1n) is 7.94. The first-order chi connectivity index (χ1) is 9.75. The van der Waals surface area contributed by atoms with E-state index in [0.717, 1.165) is 37.6 Å². The van der Waals surface area contributed by atoms with E-state index < -0.39 is 0 Å². The summed E-state index contributed by atoms with van der Waals surface area (Å²) in [6, 6.07) is 0. The summed E-state index contributed by atoms with van der Waals surface area (Å²) >= 11 is 0. The Morgan fingerprint density at radius 1 is 1.30 bits per heavy atom. The summed E-state index contributed by atoms with van der Waals surface area (Å²) in [6.45, 7) is 6.93. The minimum absolute atomic E-state index is 0.302. The molecular formula is C15H25N3O2. The van der Waals surface area contributed by atoms with E-state index in [0.29, 0.717) is 18.4 Å². The molecule has 2 atom stereocenters. The quantitative estimate of drug-likeness (QED) is 0.918. The van der Waals surface area contributed by atoms with Crippen molar-refractivity contribution in [3.05, 3.63) is 11.7 Å². The number of hydrogen-bond donors (Lipinski definition) is 1. The van der Waals surface area contributed by atoms with Gasteiger partial charge >= 0.3 is 0 Å². The van der Waals surface area contributed by atoms with E-state index >= 15 is 0 Å². The number of rotatable bonds is 4. The molecule has 2 fully saturated rings. The fraction of sp³-hybridized carbons (Fsp3) is 0.867. The monoisotopic (exact) mass is 279 g/mol. The van der Waals surface area contributed by atoms with Crippen molar-refractivity contribution in [1.29, 1.82) is 0 Å². The van der Waals surface area contributed by atoms with Gasteiger partial charge in [0.05, 0.1) is 5.92 Å². The number of aromatic nitrogens is 2. The van der Waals surface area contributed by atoms with Crippen molar-refractivity contribution in [3.8, 4) is 0 Å². The smallest absolute Gasteiger partial charge is 0.231 e. The molecule has 1 aromatic rings. The SMILES string of the molecule is CCOC1(c2noc(C3CNCC3C)n2)CCCCC1. The lowest BCUT2D eigenvalue weighted by Crippen LogP contribution is -2.33. The van der Waals surface area contributed by atoms with E-state index in [1.807, 2.05) is 6.92 Å². The van der Waals surface area contributed by atoms with E-state index in [9.17, 15) is 0 Å². The highest BCUT2D eigenvalue weighted by atomic mass is 16.5. The largest absolute Gasteiger partial charge is 0.367 e. The Kier molecular flexibility index (Phi) is 4.08. The molecule has 20 heavy (non-hydrogen) atoms. The van der Waals surface area contributed by atoms with Crippen LogP contribution in [0.4, 0.5) is 0 Å². The molecule has 1 saturated heterocycles. The fourth-order valence-corrected chi connectivity index (χ4v) is 3.54. The predicted octanol–water partition coefficient (Wildman–Crippen LogP) is 2.59. The minimum Gasteiger partial charge on any atom is -0.367 e. The van der Waals surface area contributed by atoms with Crippen LogP contribution in [0.25, 0.3) is 0 Å². The van der Waals surface area contributed by atoms with E-state index in [2.05, 4.69) is 17.4 Å². The lowest BCUT2D eigenvalue weighted by molar-refractivity contribution is -0.0777. The molecule has 1 aliphatic heterocycles. The topological polar surface area (TPSA) is 60.2 Å². The Hall–Kier alpha value is -0.940. The summed E-state index contributed by atoms with van der Waals surface area (Å²) < 4.78 is 11.6. The standard InChI is InChI=1S/C15H25N3O2/c1-3-19-15(7-5-4-6-8-15)14-17-13(20-18-14)12-10-16-9-11(12)2/h11-12,16H,3-10H2,1-2H3. The number of nitrogens with one attached hydrogen (secondary N) is 1. The van der Waals surface area contributed by atoms with Gasteiger partial charge in [-0.1, -0.05) is 31.3 Å². The summed E-state index contributed by atoms with van der Waals surface area (Å²) in [5, 5.41) is 7.66. The van der Waals surface area contributed by atoms with Crippen LogP contribution in [0.15, 0.2) is 4.52 Å². The lowest BCUT2D eigenvalue weighted by atomic mass is 9.84. The highest BCUT2D eigenvalue weighted by Gasteiger charge is 2.40. The maximum absolute atomic E-state index is 6.06. The summed E-state index contributed by atoms with van der Waals surface area (Å²) in [4.78, 5) is 4.71. The van der Waals surface area contributed by atoms with Gasteiger partial charge in [-0.05, 0) is 32.2 Å². The molecule has 2 heterocycles. The number of ether oxygens (including phenoxy) is 1. The first kappa shape index (κ1) is 14.0. The van der Waals surface area contributed by atoms with E-state index in [1.165, 1.54) is 19.3 Å². The summed E-state index contributed by atoms with van der Waals surface area (Å²) in [5.74, 6) is 2.45. The average Bonchev–Trinajstić information content (AvgIpc) is 3.08. The molecule has 0 aromatic carbocycles. The van der Waals surface area contributed by atoms with Crippen LogP contribution in [0.1, 0.15) is 63.6 Å². The summed E-state index contributed by atoms with van der Waals surface area (Å²) in [6.07, 6.45) is 5.68. The zero-order valence-electron chi connectivity index (χ0n) is 12.5. The van der Waals surface area contributed by atoms with Crippen molar-refractivity contribution >= 4 is 0 Å². The van der Waals surface area contributed by atoms with Gasteiger partial charge in [-0.25, -0.2) is 0 Å². The molecule has 112 valence electrons. The second kappa shape index (κ2) is 5.82. The normalized spacial score (nSPS) is 29.7. The van der Waals surface area contributed by atoms with Crippen LogP contribution in [0.5, 0.6) is 0 Å². The number of nitrogens with zero attached hydrogens (tertiary/aromatic N) is 2. The van der Waals surface area contributed by atoms with Gasteiger partial charge in [0.15, 0.2) is 0 Å². The molecule has 5 heteroatoms. The molecule has 1 aromatic heterocycles. The zero-order valence-corrected chi connectivity index (χ0v) is 12.5. The average molecular weight is 279 g/mol. The molecule has 1 saturated carbocycles. The predicted molar refractivity (Wildman–Crippen MR) is 75.5 cm³/mol. The van der Waals surface area contributed by atoms with Gasteiger partial charge in [-0.3, -0.25) is 0 Å². The van der Waals surface area contributed by atoms with Crippen LogP contribution < -0.4 is 5.32 Å². The van der Waals surface area contributed by atoms with Crippen molar-refractivity contribution in [2.45, 2.75) is 57.5 Å². The van der Waals surface area contributed by atoms with Gasteiger partial charge in [-0.15, -0.1) is 0 Å². The van der Waals surface area contributed by atoms with Gasteiger partial charge in [0.25, 0.3) is 0 Å². The second-order valence-corrected chi connectivity index (χ2v) is 6.19. The molecule has 1 aliphatic carbocycles. The highest BCUT2D eigenvalue weighted by Crippen LogP contribution is 2.40. The molecule has 0 amide bonds. The van der Waals surface area contributed by atoms with Crippen molar-refractivity contribution < 1.29 is 9.26 Å². The van der Waals surface area contributed by atoms with Gasteiger partial charge < -0.3 is 14.6 Å². The van der Waals surface area contributed by atoms with Crippen LogP contribution in [0.2, 0.25) is 0 Å². The number of hydrogen-bond acceptors (Lipinski definition) is 5. The van der Waals surface area contributed by atoms with Crippen molar-refractivity contribution in [3.63, 3.8) is 0 Å². The van der Waals surface area contributed by atoms with Crippen molar-refractivity contribution in [2.75, 3.05) is 19.7 Å². The zero-order chi connectivity index (χ0) is 14.0. The molecule has 0 radical (unpaired) electrons. The Morgan fingerprint density at radius 3 is 2.75 bits per heavy atom. The van der Waals surface area contributed by atoms with Gasteiger partial charge in [0.1, 0.15) is 5.60 Å². The van der Waals surface area contributed by atoms with Crippen LogP contribution in [0.3, 0.4) is 0 Å². The van der Waals surface area contributed by atoms with Gasteiger partial charge in [-0.2, -0.15) is 4.98 Å². The second-order valence-electron chi connectivity index (χ2n) is 6.19. The first-order valence-corrected chi connectivity index (χ1v) is 7.94. The summed E-state index contributed by atoms with van der Waals surface area (Å²) in [5.41, 5.74) is -0.302. The molecule has 0 spiro atoms. The van der Waals surface area contributed by atoms with Crippen molar-refractivity contribution in [2.24, 2.45) is 5.92 Å². The molecular weight excluding hydrogens is 254 g/mol. The van der Waals surface area contributed by atoms with Gasteiger partial charge in [0, 0.05) is 13.2 Å². The fourth-order valence-electron chi connectivity index (χ4n) is 3.54. The molecule has 1 N–H and O–H groups in total. The summed E-state index contributed by atoms with van der Waals surface area (Å²) in [7, 11) is 0. The Morgan fingerprint density at radius 2 is 2.10 bits per heavy atom. The Bertz CT molecular complexity index is 435. The Labute approximate surface area is 120 Å². The Balaban J connectivity index is 1.83. The third-order valence-corrected chi connectivity index (χ3v) is 4.77. The molecule has 2 unspecified atom stereocenters. The van der Waals surface area contributed by atoms with E-state index in [-0.39, 0.29) is 5.60 Å². The van der Waals surface area contributed by atoms with Crippen LogP contribution in [-0.2, 0) is 10.3 Å². The maximum Gasteiger partial charge on any atom is 0.231 e. The van der Waals surface area contributed by atoms with Crippen molar-refractivity contribution in [1.82, 2.24) is 15.5 Å². The maximum atomic E-state index is 6.06. The lowest BCUT2D eigenvalue weighted by Gasteiger charge is -2.33. The van der Waals surface area contributed by atoms with Crippen LogP contribution in [0, 0.1) is 5.92 Å². The third kappa shape index (κ3) is 2.49. The van der Waals surface area contributed by atoms with E-state index in [1.54, 1.807) is 0 Å². The molecule has 5 nitrogen and oxygen atoms in total. The third-order valence-electron chi connectivity index (χ3n) is 4.77.